The lowest BCUT2D eigenvalue weighted by molar-refractivity contribution is -0.142. The summed E-state index contributed by atoms with van der Waals surface area (Å²) >= 11 is 0. The Morgan fingerprint density at radius 2 is 1.95 bits per heavy atom. The van der Waals surface area contributed by atoms with Crippen LogP contribution in [-0.4, -0.2) is 31.2 Å². The summed E-state index contributed by atoms with van der Waals surface area (Å²) in [6.07, 6.45) is 3.53. The first-order valence-electron chi connectivity index (χ1n) is 7.93. The van der Waals surface area contributed by atoms with E-state index in [1.54, 1.807) is 0 Å². The van der Waals surface area contributed by atoms with Gasteiger partial charge in [0, 0.05) is 31.3 Å². The average molecular weight is 288 g/mol. The van der Waals surface area contributed by atoms with E-state index in [-0.39, 0.29) is 11.5 Å². The van der Waals surface area contributed by atoms with Gasteiger partial charge in [0.05, 0.1) is 5.60 Å². The minimum atomic E-state index is -0.117. The Labute approximate surface area is 126 Å². The Bertz CT molecular complexity index is 524. The van der Waals surface area contributed by atoms with Crippen molar-refractivity contribution in [2.24, 2.45) is 5.92 Å². The van der Waals surface area contributed by atoms with Gasteiger partial charge in [0.15, 0.2) is 5.78 Å². The topological polar surface area (TPSA) is 35.5 Å². The molecule has 114 valence electrons. The number of ether oxygens (including phenoxy) is 2. The van der Waals surface area contributed by atoms with Gasteiger partial charge in [-0.1, -0.05) is 17.7 Å². The molecule has 1 aromatic rings. The molecule has 1 spiro atoms. The van der Waals surface area contributed by atoms with Crippen molar-refractivity contribution in [1.82, 2.24) is 0 Å². The monoisotopic (exact) mass is 288 g/mol. The molecule has 2 aliphatic rings. The smallest absolute Gasteiger partial charge is 0.166 e. The first-order chi connectivity index (χ1) is 10.1. The fourth-order valence-electron chi connectivity index (χ4n) is 3.56. The second kappa shape index (κ2) is 5.90. The lowest BCUT2D eigenvalue weighted by Gasteiger charge is -2.43. The number of carbonyl (C=O) groups is 1. The number of hydrogen-bond acceptors (Lipinski definition) is 3. The molecule has 3 rings (SSSR count). The molecule has 3 nitrogen and oxygen atoms in total. The van der Waals surface area contributed by atoms with Crippen LogP contribution in [0.3, 0.4) is 0 Å². The highest BCUT2D eigenvalue weighted by atomic mass is 16.5. The van der Waals surface area contributed by atoms with Crippen LogP contribution < -0.4 is 0 Å². The summed E-state index contributed by atoms with van der Waals surface area (Å²) in [4.78, 5) is 12.9. The van der Waals surface area contributed by atoms with Gasteiger partial charge >= 0.3 is 0 Å². The van der Waals surface area contributed by atoms with Crippen LogP contribution in [0.1, 0.15) is 47.2 Å². The molecule has 0 amide bonds. The van der Waals surface area contributed by atoms with Gasteiger partial charge in [0.1, 0.15) is 0 Å². The van der Waals surface area contributed by atoms with Gasteiger partial charge in [-0.3, -0.25) is 4.79 Å². The van der Waals surface area contributed by atoms with Gasteiger partial charge in [-0.05, 0) is 51.2 Å². The Balaban J connectivity index is 1.79. The molecule has 0 N–H and O–H groups in total. The van der Waals surface area contributed by atoms with E-state index in [9.17, 15) is 4.79 Å². The quantitative estimate of drug-likeness (QED) is 0.782. The predicted molar refractivity (Wildman–Crippen MR) is 81.7 cm³/mol. The molecule has 1 unspecified atom stereocenters. The maximum absolute atomic E-state index is 12.9. The maximum Gasteiger partial charge on any atom is 0.166 e. The summed E-state index contributed by atoms with van der Waals surface area (Å²) in [5.41, 5.74) is 3.01. The van der Waals surface area contributed by atoms with E-state index in [1.165, 1.54) is 0 Å². The Kier molecular flexibility index (Phi) is 4.14. The van der Waals surface area contributed by atoms with Crippen molar-refractivity contribution in [3.8, 4) is 0 Å². The Hall–Kier alpha value is -1.19. The fraction of sp³-hybridized carbons (Fsp3) is 0.611. The molecule has 2 aliphatic heterocycles. The molecule has 2 heterocycles. The molecule has 0 bridgehead atoms. The summed E-state index contributed by atoms with van der Waals surface area (Å²) in [5, 5.41) is 0. The summed E-state index contributed by atoms with van der Waals surface area (Å²) < 4.78 is 11.5. The van der Waals surface area contributed by atoms with Gasteiger partial charge < -0.3 is 9.47 Å². The molecule has 3 heteroatoms. The van der Waals surface area contributed by atoms with Crippen molar-refractivity contribution in [1.29, 1.82) is 0 Å². The van der Waals surface area contributed by atoms with Crippen LogP contribution >= 0.6 is 0 Å². The number of ketones is 1. The highest BCUT2D eigenvalue weighted by molar-refractivity contribution is 5.99. The lowest BCUT2D eigenvalue weighted by atomic mass is 9.77. The van der Waals surface area contributed by atoms with E-state index in [2.05, 4.69) is 6.07 Å². The third kappa shape index (κ3) is 3.04. The number of hydrogen-bond donors (Lipinski definition) is 0. The van der Waals surface area contributed by atoms with Gasteiger partial charge in [-0.2, -0.15) is 0 Å². The van der Waals surface area contributed by atoms with E-state index < -0.39 is 0 Å². The predicted octanol–water partition coefficient (Wildman–Crippen LogP) is 3.46. The number of Topliss-reactive ketones (excluding diaryl/α,β-unsaturated/α-hetero) is 1. The third-order valence-corrected chi connectivity index (χ3v) is 4.93. The van der Waals surface area contributed by atoms with Crippen molar-refractivity contribution in [2.75, 3.05) is 19.8 Å². The molecule has 0 aromatic heterocycles. The molecule has 2 fully saturated rings. The zero-order valence-corrected chi connectivity index (χ0v) is 13.0. The molecule has 1 aromatic carbocycles. The average Bonchev–Trinajstić information content (AvgIpc) is 2.50. The van der Waals surface area contributed by atoms with Gasteiger partial charge in [0.2, 0.25) is 0 Å². The summed E-state index contributed by atoms with van der Waals surface area (Å²) in [5.74, 6) is 0.391. The zero-order valence-electron chi connectivity index (χ0n) is 13.0. The van der Waals surface area contributed by atoms with E-state index in [0.717, 1.165) is 55.6 Å². The van der Waals surface area contributed by atoms with E-state index in [0.29, 0.717) is 12.4 Å². The molecule has 21 heavy (non-hydrogen) atoms. The van der Waals surface area contributed by atoms with Gasteiger partial charge in [0.25, 0.3) is 0 Å². The van der Waals surface area contributed by atoms with Crippen molar-refractivity contribution in [3.05, 3.63) is 34.9 Å². The van der Waals surface area contributed by atoms with E-state index >= 15 is 0 Å². The van der Waals surface area contributed by atoms with Gasteiger partial charge in [-0.25, -0.2) is 0 Å². The summed E-state index contributed by atoms with van der Waals surface area (Å²) in [6, 6.07) is 6.14. The lowest BCUT2D eigenvalue weighted by Crippen LogP contribution is -2.46. The molecule has 2 saturated heterocycles. The molecule has 0 aliphatic carbocycles. The minimum absolute atomic E-state index is 0.0948. The van der Waals surface area contributed by atoms with Gasteiger partial charge in [-0.15, -0.1) is 0 Å². The van der Waals surface area contributed by atoms with Crippen LogP contribution in [0.25, 0.3) is 0 Å². The number of benzene rings is 1. The highest BCUT2D eigenvalue weighted by Crippen LogP contribution is 2.38. The number of carbonyl (C=O) groups excluding carboxylic acids is 1. The fourth-order valence-corrected chi connectivity index (χ4v) is 3.56. The molecular formula is C18H24O3. The number of rotatable bonds is 2. The van der Waals surface area contributed by atoms with Crippen LogP contribution in [-0.2, 0) is 9.47 Å². The second-order valence-electron chi connectivity index (χ2n) is 6.52. The van der Waals surface area contributed by atoms with Crippen LogP contribution in [0.5, 0.6) is 0 Å². The summed E-state index contributed by atoms with van der Waals surface area (Å²) in [7, 11) is 0. The molecule has 0 saturated carbocycles. The molecular weight excluding hydrogens is 264 g/mol. The largest absolute Gasteiger partial charge is 0.381 e. The first kappa shape index (κ1) is 14.7. The molecule has 1 atom stereocenters. The Morgan fingerprint density at radius 1 is 1.19 bits per heavy atom. The van der Waals surface area contributed by atoms with Crippen LogP contribution in [0, 0.1) is 19.8 Å². The third-order valence-electron chi connectivity index (χ3n) is 4.93. The number of aryl methyl sites for hydroxylation is 2. The van der Waals surface area contributed by atoms with Crippen LogP contribution in [0.2, 0.25) is 0 Å². The van der Waals surface area contributed by atoms with Crippen LogP contribution in [0.4, 0.5) is 0 Å². The Morgan fingerprint density at radius 3 is 2.71 bits per heavy atom. The standard InChI is InChI=1S/C18H24O3/c1-13-3-4-14(2)16(11-13)17(19)15-5-8-21-18(12-15)6-9-20-10-7-18/h3-4,11,15H,5-10,12H2,1-2H3. The van der Waals surface area contributed by atoms with Crippen LogP contribution in [0.15, 0.2) is 18.2 Å². The van der Waals surface area contributed by atoms with Crippen molar-refractivity contribution < 1.29 is 14.3 Å². The van der Waals surface area contributed by atoms with Crippen molar-refractivity contribution in [2.45, 2.75) is 45.1 Å². The normalized spacial score (nSPS) is 25.0. The maximum atomic E-state index is 12.9. The van der Waals surface area contributed by atoms with E-state index in [4.69, 9.17) is 9.47 Å². The first-order valence-corrected chi connectivity index (χ1v) is 7.93. The minimum Gasteiger partial charge on any atom is -0.381 e. The second-order valence-corrected chi connectivity index (χ2v) is 6.52. The van der Waals surface area contributed by atoms with E-state index in [1.807, 2.05) is 26.0 Å². The van der Waals surface area contributed by atoms with Crippen molar-refractivity contribution >= 4 is 5.78 Å². The SMILES string of the molecule is Cc1ccc(C)c(C(=O)C2CCOC3(CCOCC3)C2)c1. The summed E-state index contributed by atoms with van der Waals surface area (Å²) in [6.45, 7) is 6.27. The van der Waals surface area contributed by atoms with Crippen molar-refractivity contribution in [3.63, 3.8) is 0 Å². The molecule has 0 radical (unpaired) electrons. The highest BCUT2D eigenvalue weighted by Gasteiger charge is 2.41. The zero-order chi connectivity index (χ0) is 14.9.